The predicted octanol–water partition coefficient (Wildman–Crippen LogP) is 5.04. The van der Waals surface area contributed by atoms with Crippen molar-refractivity contribution in [2.45, 2.75) is 43.4 Å². The minimum absolute atomic E-state index is 0.0230. The molecular formula is C27H29ClN4O6S. The highest BCUT2D eigenvalue weighted by atomic mass is 35.5. The third-order valence-electron chi connectivity index (χ3n) is 6.20. The summed E-state index contributed by atoms with van der Waals surface area (Å²) in [6.07, 6.45) is 0.00263. The molecule has 1 heterocycles. The molecule has 1 unspecified atom stereocenters. The van der Waals surface area contributed by atoms with E-state index in [0.717, 1.165) is 5.52 Å². The fourth-order valence-corrected chi connectivity index (χ4v) is 5.28. The summed E-state index contributed by atoms with van der Waals surface area (Å²) in [5.41, 5.74) is 1.85. The zero-order valence-electron chi connectivity index (χ0n) is 21.3. The smallest absolute Gasteiger partial charge is 0.449 e. The van der Waals surface area contributed by atoms with Gasteiger partial charge in [-0.15, -0.1) is 0 Å². The summed E-state index contributed by atoms with van der Waals surface area (Å²) in [5.74, 6) is 0.0230. The summed E-state index contributed by atoms with van der Waals surface area (Å²) in [6, 6.07) is 17.8. The zero-order chi connectivity index (χ0) is 28.2. The molecule has 0 aliphatic heterocycles. The first kappa shape index (κ1) is 28.4. The molecule has 1 aromatic heterocycles. The van der Waals surface area contributed by atoms with Crippen LogP contribution in [0.25, 0.3) is 11.0 Å². The predicted molar refractivity (Wildman–Crippen MR) is 149 cm³/mol. The summed E-state index contributed by atoms with van der Waals surface area (Å²) in [6.45, 7) is 4.84. The van der Waals surface area contributed by atoms with Crippen molar-refractivity contribution in [2.24, 2.45) is 0 Å². The topological polar surface area (TPSA) is 143 Å². The Kier molecular flexibility index (Phi) is 8.45. The van der Waals surface area contributed by atoms with Crippen LogP contribution >= 0.6 is 11.6 Å². The van der Waals surface area contributed by atoms with Crippen LogP contribution < -0.4 is 14.8 Å². The molecule has 39 heavy (non-hydrogen) atoms. The second kappa shape index (κ2) is 11.6. The number of carboxylic acid groups (broad SMARTS) is 1. The quantitative estimate of drug-likeness (QED) is 0.145. The maximum atomic E-state index is 12.6. The number of halogens is 1. The van der Waals surface area contributed by atoms with Gasteiger partial charge in [0, 0.05) is 30.4 Å². The molecule has 206 valence electrons. The molecule has 0 saturated heterocycles. The van der Waals surface area contributed by atoms with Crippen molar-refractivity contribution in [3.8, 4) is 5.75 Å². The average molecular weight is 573 g/mol. The number of hydrogen-bond acceptors (Lipinski definition) is 7. The Balaban J connectivity index is 1.36. The monoisotopic (exact) mass is 572 g/mol. The number of nitrogens with one attached hydrogen (secondary N) is 2. The van der Waals surface area contributed by atoms with Gasteiger partial charge in [-0.25, -0.2) is 18.2 Å². The van der Waals surface area contributed by atoms with E-state index in [9.17, 15) is 18.3 Å². The summed E-state index contributed by atoms with van der Waals surface area (Å²) in [4.78, 5) is 15.3. The lowest BCUT2D eigenvalue weighted by molar-refractivity contribution is 0.144. The molecule has 3 aromatic carbocycles. The number of aromatic nitrogens is 2. The largest absolute Gasteiger partial charge is 0.511 e. The van der Waals surface area contributed by atoms with Gasteiger partial charge in [0.15, 0.2) is 5.75 Å². The standard InChI is InChI=1S/C27H29ClN4O6S/c1-27(2,11-12-32-17-29-22-15-25(38-26(34)35)21(28)14-23(22)32)30-16-24(33)18-7-6-8-19(13-18)31-39(36,37)20-9-4-3-5-10-20/h3-10,13-15,17,24,30-31,33H,11-12,16H2,1-2H3,(H,34,35). The SMILES string of the molecule is CC(C)(CCn1cnc2cc(OC(=O)O)c(Cl)cc21)NCC(O)c1cccc(NS(=O)(=O)c2ccccc2)c1. The van der Waals surface area contributed by atoms with E-state index in [1.165, 1.54) is 18.2 Å². The van der Waals surface area contributed by atoms with Crippen LogP contribution in [0.5, 0.6) is 5.75 Å². The van der Waals surface area contributed by atoms with Gasteiger partial charge < -0.3 is 24.8 Å². The fourth-order valence-electron chi connectivity index (χ4n) is 4.01. The van der Waals surface area contributed by atoms with Gasteiger partial charge in [0.25, 0.3) is 10.0 Å². The van der Waals surface area contributed by atoms with Crippen LogP contribution in [0.3, 0.4) is 0 Å². The molecule has 12 heteroatoms. The minimum atomic E-state index is -3.74. The lowest BCUT2D eigenvalue weighted by Crippen LogP contribution is -2.42. The van der Waals surface area contributed by atoms with Crippen molar-refractivity contribution >= 4 is 44.5 Å². The van der Waals surface area contributed by atoms with Crippen LogP contribution in [0.1, 0.15) is 31.9 Å². The lowest BCUT2D eigenvalue weighted by atomic mass is 9.99. The molecule has 0 radical (unpaired) electrons. The molecule has 4 N–H and O–H groups in total. The van der Waals surface area contributed by atoms with Gasteiger partial charge in [0.05, 0.1) is 33.4 Å². The van der Waals surface area contributed by atoms with E-state index in [2.05, 4.69) is 19.8 Å². The first-order valence-corrected chi connectivity index (χ1v) is 14.0. The number of aliphatic hydroxyl groups excluding tert-OH is 1. The highest BCUT2D eigenvalue weighted by Crippen LogP contribution is 2.30. The Bertz CT molecular complexity index is 1570. The number of aryl methyl sites for hydroxylation is 1. The highest BCUT2D eigenvalue weighted by molar-refractivity contribution is 7.92. The first-order chi connectivity index (χ1) is 18.4. The second-order valence-corrected chi connectivity index (χ2v) is 11.7. The minimum Gasteiger partial charge on any atom is -0.449 e. The number of imidazole rings is 1. The number of hydrogen-bond donors (Lipinski definition) is 4. The number of β-amino-alcohol motifs (C(OH)–C–C–N with tert-alkyl or cyclic N) is 1. The first-order valence-electron chi connectivity index (χ1n) is 12.1. The third-order valence-corrected chi connectivity index (χ3v) is 7.89. The van der Waals surface area contributed by atoms with Crippen molar-refractivity contribution in [1.29, 1.82) is 0 Å². The van der Waals surface area contributed by atoms with Crippen molar-refractivity contribution in [2.75, 3.05) is 11.3 Å². The van der Waals surface area contributed by atoms with Gasteiger partial charge in [-0.3, -0.25) is 4.72 Å². The molecule has 4 aromatic rings. The van der Waals surface area contributed by atoms with Crippen molar-refractivity contribution in [1.82, 2.24) is 14.9 Å². The molecule has 1 atom stereocenters. The summed E-state index contributed by atoms with van der Waals surface area (Å²) >= 11 is 6.18. The van der Waals surface area contributed by atoms with Crippen LogP contribution in [0.2, 0.25) is 5.02 Å². The van der Waals surface area contributed by atoms with E-state index in [1.54, 1.807) is 54.9 Å². The second-order valence-electron chi connectivity index (χ2n) is 9.65. The van der Waals surface area contributed by atoms with Crippen molar-refractivity contribution in [3.05, 3.63) is 83.6 Å². The Morgan fingerprint density at radius 1 is 1.13 bits per heavy atom. The molecular weight excluding hydrogens is 544 g/mol. The molecule has 0 saturated carbocycles. The number of sulfonamides is 1. The summed E-state index contributed by atoms with van der Waals surface area (Å²) in [5, 5.41) is 23.2. The number of carbonyl (C=O) groups is 1. The number of benzene rings is 3. The van der Waals surface area contributed by atoms with Gasteiger partial charge in [0.1, 0.15) is 0 Å². The Labute approximate surface area is 231 Å². The number of nitrogens with zero attached hydrogens (tertiary/aromatic N) is 2. The number of rotatable bonds is 11. The Morgan fingerprint density at radius 3 is 2.59 bits per heavy atom. The summed E-state index contributed by atoms with van der Waals surface area (Å²) in [7, 11) is -3.74. The van der Waals surface area contributed by atoms with Crippen LogP contribution in [0.15, 0.2) is 78.0 Å². The summed E-state index contributed by atoms with van der Waals surface area (Å²) < 4.78 is 34.4. The van der Waals surface area contributed by atoms with E-state index in [-0.39, 0.29) is 27.8 Å². The van der Waals surface area contributed by atoms with E-state index >= 15 is 0 Å². The molecule has 0 spiro atoms. The van der Waals surface area contributed by atoms with E-state index in [1.807, 2.05) is 18.4 Å². The van der Waals surface area contributed by atoms with Gasteiger partial charge >= 0.3 is 6.16 Å². The maximum absolute atomic E-state index is 12.6. The average Bonchev–Trinajstić information content (AvgIpc) is 3.28. The van der Waals surface area contributed by atoms with Gasteiger partial charge in [-0.05, 0) is 56.2 Å². The van der Waals surface area contributed by atoms with Crippen LogP contribution in [-0.4, -0.2) is 46.4 Å². The van der Waals surface area contributed by atoms with E-state index < -0.39 is 22.3 Å². The molecule has 0 bridgehead atoms. The van der Waals surface area contributed by atoms with Crippen LogP contribution in [0, 0.1) is 0 Å². The maximum Gasteiger partial charge on any atom is 0.511 e. The zero-order valence-corrected chi connectivity index (χ0v) is 22.9. The molecule has 0 amide bonds. The molecule has 10 nitrogen and oxygen atoms in total. The Morgan fingerprint density at radius 2 is 1.87 bits per heavy atom. The van der Waals surface area contributed by atoms with Crippen LogP contribution in [-0.2, 0) is 16.6 Å². The third kappa shape index (κ3) is 7.27. The van der Waals surface area contributed by atoms with E-state index in [4.69, 9.17) is 16.7 Å². The molecule has 0 fully saturated rings. The Hall–Kier alpha value is -3.64. The normalized spacial score (nSPS) is 12.8. The fraction of sp³-hybridized carbons (Fsp3) is 0.259. The molecule has 0 aliphatic carbocycles. The van der Waals surface area contributed by atoms with Gasteiger partial charge in [0.2, 0.25) is 0 Å². The van der Waals surface area contributed by atoms with Gasteiger partial charge in [-0.1, -0.05) is 41.9 Å². The van der Waals surface area contributed by atoms with Gasteiger partial charge in [-0.2, -0.15) is 0 Å². The molecule has 0 aliphatic rings. The number of fused-ring (bicyclic) bond motifs is 1. The molecule has 4 rings (SSSR count). The lowest BCUT2D eigenvalue weighted by Gasteiger charge is -2.28. The van der Waals surface area contributed by atoms with Crippen LogP contribution in [0.4, 0.5) is 10.5 Å². The highest BCUT2D eigenvalue weighted by Gasteiger charge is 2.21. The number of aliphatic hydroxyl groups is 1. The number of ether oxygens (including phenoxy) is 1. The number of anilines is 1. The van der Waals surface area contributed by atoms with E-state index in [0.29, 0.717) is 29.7 Å². The van der Waals surface area contributed by atoms with Crippen molar-refractivity contribution < 1.29 is 28.2 Å². The van der Waals surface area contributed by atoms with Crippen molar-refractivity contribution in [3.63, 3.8) is 0 Å².